The molecule has 0 bridgehead atoms. The van der Waals surface area contributed by atoms with Crippen LogP contribution in [0.15, 0.2) is 80.2 Å². The van der Waals surface area contributed by atoms with E-state index in [2.05, 4.69) is 0 Å². The number of rotatable bonds is 3. The van der Waals surface area contributed by atoms with Crippen LogP contribution in [-0.2, 0) is 9.84 Å². The van der Waals surface area contributed by atoms with Gasteiger partial charge in [0.2, 0.25) is 9.84 Å². The number of methoxy groups -OCH3 is 1. The third kappa shape index (κ3) is 2.94. The van der Waals surface area contributed by atoms with E-state index in [4.69, 9.17) is 16.3 Å². The zero-order chi connectivity index (χ0) is 19.2. The molecule has 3 aromatic carbocycles. The number of ether oxygens (including phenoxy) is 1. The van der Waals surface area contributed by atoms with E-state index in [0.717, 1.165) is 10.6 Å². The molecule has 0 fully saturated rings. The van der Waals surface area contributed by atoms with Gasteiger partial charge in [-0.1, -0.05) is 35.5 Å². The maximum Gasteiger partial charge on any atom is 0.209 e. The number of hydrogen-bond acceptors (Lipinski definition) is 5. The molecular weight excluding hydrogens is 404 g/mol. The van der Waals surface area contributed by atoms with Crippen molar-refractivity contribution in [1.29, 1.82) is 0 Å². The molecule has 4 rings (SSSR count). The minimum absolute atomic E-state index is 0.00371. The molecule has 0 unspecified atom stereocenters. The van der Waals surface area contributed by atoms with Crippen LogP contribution in [0, 0.1) is 0 Å². The van der Waals surface area contributed by atoms with E-state index in [1.165, 1.54) is 30.0 Å². The fourth-order valence-electron chi connectivity index (χ4n) is 2.97. The first-order chi connectivity index (χ1) is 12.9. The highest BCUT2D eigenvalue weighted by Crippen LogP contribution is 2.44. The van der Waals surface area contributed by atoms with Crippen LogP contribution in [0.1, 0.15) is 15.9 Å². The lowest BCUT2D eigenvalue weighted by atomic mass is 10.0. The van der Waals surface area contributed by atoms with E-state index in [-0.39, 0.29) is 31.7 Å². The summed E-state index contributed by atoms with van der Waals surface area (Å²) in [5.74, 6) is 0.388. The third-order valence-electron chi connectivity index (χ3n) is 4.28. The fraction of sp³-hybridized carbons (Fsp3) is 0.0500. The highest BCUT2D eigenvalue weighted by molar-refractivity contribution is 7.99. The van der Waals surface area contributed by atoms with Gasteiger partial charge in [0.15, 0.2) is 5.78 Å². The maximum absolute atomic E-state index is 13.1. The second-order valence-corrected chi connectivity index (χ2v) is 9.21. The van der Waals surface area contributed by atoms with E-state index in [1.807, 2.05) is 24.3 Å². The van der Waals surface area contributed by atoms with Crippen molar-refractivity contribution in [3.63, 3.8) is 0 Å². The Bertz CT molecular complexity index is 1170. The molecule has 1 heterocycles. The van der Waals surface area contributed by atoms with Gasteiger partial charge in [0.25, 0.3) is 0 Å². The lowest BCUT2D eigenvalue weighted by Gasteiger charge is -2.21. The summed E-state index contributed by atoms with van der Waals surface area (Å²) in [5, 5.41) is 0.0659. The van der Waals surface area contributed by atoms with Crippen LogP contribution in [-0.4, -0.2) is 21.3 Å². The molecule has 0 aliphatic carbocycles. The highest BCUT2D eigenvalue weighted by atomic mass is 35.5. The first kappa shape index (κ1) is 18.1. The quantitative estimate of drug-likeness (QED) is 0.476. The van der Waals surface area contributed by atoms with Crippen molar-refractivity contribution in [2.45, 2.75) is 19.6 Å². The molecule has 0 saturated carbocycles. The predicted octanol–water partition coefficient (Wildman–Crippen LogP) is 4.88. The van der Waals surface area contributed by atoms with Crippen molar-refractivity contribution in [2.24, 2.45) is 0 Å². The molecule has 0 N–H and O–H groups in total. The number of hydrogen-bond donors (Lipinski definition) is 0. The maximum atomic E-state index is 13.1. The van der Waals surface area contributed by atoms with E-state index in [1.54, 1.807) is 25.3 Å². The molecule has 1 aliphatic rings. The number of fused-ring (bicyclic) bond motifs is 2. The van der Waals surface area contributed by atoms with Crippen LogP contribution in [0.5, 0.6) is 5.75 Å². The lowest BCUT2D eigenvalue weighted by Crippen LogP contribution is -2.20. The monoisotopic (exact) mass is 416 g/mol. The molecule has 0 atom stereocenters. The standard InChI is InChI=1S/C20H13ClO4S2/c1-25-12-6-8-13(9-7-12)26-16-11-10-15-19(22)14-4-2-3-5-17(14)27(23,24)20(15)18(16)21/h2-11H,1H3. The summed E-state index contributed by atoms with van der Waals surface area (Å²) in [4.78, 5) is 14.1. The minimum atomic E-state index is -3.88. The smallest absolute Gasteiger partial charge is 0.209 e. The summed E-state index contributed by atoms with van der Waals surface area (Å²) in [6.45, 7) is 0. The molecule has 7 heteroatoms. The normalized spacial score (nSPS) is 14.4. The van der Waals surface area contributed by atoms with E-state index in [0.29, 0.717) is 4.90 Å². The van der Waals surface area contributed by atoms with Gasteiger partial charge in [-0.2, -0.15) is 0 Å². The Morgan fingerprint density at radius 2 is 1.63 bits per heavy atom. The van der Waals surface area contributed by atoms with Crippen LogP contribution >= 0.6 is 23.4 Å². The third-order valence-corrected chi connectivity index (χ3v) is 7.86. The number of halogens is 1. The molecule has 3 aromatic rings. The summed E-state index contributed by atoms with van der Waals surface area (Å²) >= 11 is 7.80. The van der Waals surface area contributed by atoms with E-state index >= 15 is 0 Å². The zero-order valence-corrected chi connectivity index (χ0v) is 16.5. The van der Waals surface area contributed by atoms with Crippen molar-refractivity contribution >= 4 is 39.0 Å². The molecule has 136 valence electrons. The van der Waals surface area contributed by atoms with E-state index < -0.39 is 9.84 Å². The van der Waals surface area contributed by atoms with Gasteiger partial charge >= 0.3 is 0 Å². The Morgan fingerprint density at radius 3 is 2.33 bits per heavy atom. The van der Waals surface area contributed by atoms with Gasteiger partial charge in [0.05, 0.1) is 17.0 Å². The predicted molar refractivity (Wildman–Crippen MR) is 104 cm³/mol. The Hall–Kier alpha value is -2.28. The second kappa shape index (κ2) is 6.71. The number of sulfone groups is 1. The first-order valence-corrected chi connectivity index (χ1v) is 10.6. The summed E-state index contributed by atoms with van der Waals surface area (Å²) in [7, 11) is -2.29. The fourth-order valence-corrected chi connectivity index (χ4v) is 6.20. The van der Waals surface area contributed by atoms with E-state index in [9.17, 15) is 13.2 Å². The molecule has 0 radical (unpaired) electrons. The second-order valence-electron chi connectivity index (χ2n) is 5.86. The Balaban J connectivity index is 1.83. The van der Waals surface area contributed by atoms with Crippen LogP contribution in [0.2, 0.25) is 5.02 Å². The minimum Gasteiger partial charge on any atom is -0.497 e. The number of ketones is 1. The SMILES string of the molecule is COc1ccc(Sc2ccc3c(c2Cl)S(=O)(=O)c2ccccc2C3=O)cc1. The van der Waals surface area contributed by atoms with Gasteiger partial charge in [0, 0.05) is 20.9 Å². The van der Waals surface area contributed by atoms with Crippen molar-refractivity contribution in [1.82, 2.24) is 0 Å². The molecule has 0 aromatic heterocycles. The highest BCUT2D eigenvalue weighted by Gasteiger charge is 2.37. The summed E-state index contributed by atoms with van der Waals surface area (Å²) in [6, 6.07) is 16.7. The van der Waals surface area contributed by atoms with Gasteiger partial charge in [-0.25, -0.2) is 8.42 Å². The van der Waals surface area contributed by atoms with Gasteiger partial charge < -0.3 is 4.74 Å². The molecule has 4 nitrogen and oxygen atoms in total. The van der Waals surface area contributed by atoms with Crippen LogP contribution in [0.4, 0.5) is 0 Å². The molecular formula is C20H13ClO4S2. The van der Waals surface area contributed by atoms with Gasteiger partial charge in [0.1, 0.15) is 10.6 Å². The molecule has 27 heavy (non-hydrogen) atoms. The zero-order valence-electron chi connectivity index (χ0n) is 14.1. The largest absolute Gasteiger partial charge is 0.497 e. The van der Waals surface area contributed by atoms with Gasteiger partial charge in [-0.05, 0) is 48.5 Å². The Kier molecular flexibility index (Phi) is 4.50. The number of benzene rings is 3. The van der Waals surface area contributed by atoms with Crippen LogP contribution < -0.4 is 4.74 Å². The van der Waals surface area contributed by atoms with Crippen molar-refractivity contribution in [2.75, 3.05) is 7.11 Å². The first-order valence-electron chi connectivity index (χ1n) is 7.96. The number of carbonyl (C=O) groups is 1. The van der Waals surface area contributed by atoms with Gasteiger partial charge in [-0.15, -0.1) is 0 Å². The van der Waals surface area contributed by atoms with Crippen LogP contribution in [0.3, 0.4) is 0 Å². The van der Waals surface area contributed by atoms with Crippen molar-refractivity contribution < 1.29 is 17.9 Å². The van der Waals surface area contributed by atoms with Crippen LogP contribution in [0.25, 0.3) is 0 Å². The molecule has 0 saturated heterocycles. The summed E-state index contributed by atoms with van der Waals surface area (Å²) < 4.78 is 31.3. The summed E-state index contributed by atoms with van der Waals surface area (Å²) in [6.07, 6.45) is 0. The summed E-state index contributed by atoms with van der Waals surface area (Å²) in [5.41, 5.74) is 0.286. The molecule has 1 aliphatic heterocycles. The molecule has 0 amide bonds. The lowest BCUT2D eigenvalue weighted by molar-refractivity contribution is 0.103. The Labute approximate surface area is 166 Å². The average molecular weight is 417 g/mol. The van der Waals surface area contributed by atoms with Crippen molar-refractivity contribution in [3.05, 3.63) is 76.8 Å². The number of carbonyl (C=O) groups excluding carboxylic acids is 1. The molecule has 0 spiro atoms. The average Bonchev–Trinajstić information content (AvgIpc) is 2.68. The van der Waals surface area contributed by atoms with Crippen molar-refractivity contribution in [3.8, 4) is 5.75 Å². The topological polar surface area (TPSA) is 60.4 Å². The Morgan fingerprint density at radius 1 is 0.926 bits per heavy atom. The van der Waals surface area contributed by atoms with Gasteiger partial charge in [-0.3, -0.25) is 4.79 Å².